The lowest BCUT2D eigenvalue weighted by Gasteiger charge is -2.10. The summed E-state index contributed by atoms with van der Waals surface area (Å²) in [6.45, 7) is 6.01. The van der Waals surface area contributed by atoms with Gasteiger partial charge in [0.2, 0.25) is 11.8 Å². The molecule has 0 aliphatic carbocycles. The maximum atomic E-state index is 11.7. The summed E-state index contributed by atoms with van der Waals surface area (Å²) in [5.74, 6) is 6.32. The van der Waals surface area contributed by atoms with E-state index >= 15 is 0 Å². The number of carbonyl (C=O) groups excluding carboxylic acids is 2. The van der Waals surface area contributed by atoms with Crippen molar-refractivity contribution in [2.75, 3.05) is 18.5 Å². The van der Waals surface area contributed by atoms with Crippen LogP contribution in [-0.2, 0) is 9.59 Å². The first kappa shape index (κ1) is 18.6. The molecule has 124 valence electrons. The molecule has 0 heterocycles. The van der Waals surface area contributed by atoms with Crippen molar-refractivity contribution in [3.8, 4) is 17.6 Å². The van der Waals surface area contributed by atoms with Gasteiger partial charge in [0, 0.05) is 24.6 Å². The van der Waals surface area contributed by atoms with Crippen LogP contribution in [0.5, 0.6) is 5.75 Å². The average Bonchev–Trinajstić information content (AvgIpc) is 2.51. The zero-order valence-electron chi connectivity index (χ0n) is 13.9. The highest BCUT2D eigenvalue weighted by molar-refractivity contribution is 5.88. The molecular formula is C18H24N2O3. The van der Waals surface area contributed by atoms with Crippen LogP contribution in [0.15, 0.2) is 24.3 Å². The van der Waals surface area contributed by atoms with E-state index in [-0.39, 0.29) is 24.3 Å². The Kier molecular flexibility index (Phi) is 8.30. The number of anilines is 1. The Labute approximate surface area is 137 Å². The summed E-state index contributed by atoms with van der Waals surface area (Å²) in [7, 11) is 0. The monoisotopic (exact) mass is 316 g/mol. The number of ether oxygens (including phenoxy) is 1. The van der Waals surface area contributed by atoms with E-state index in [2.05, 4.69) is 22.5 Å². The van der Waals surface area contributed by atoms with Crippen molar-refractivity contribution in [1.82, 2.24) is 5.32 Å². The van der Waals surface area contributed by atoms with Gasteiger partial charge >= 0.3 is 0 Å². The molecule has 5 heteroatoms. The number of rotatable bonds is 7. The van der Waals surface area contributed by atoms with Gasteiger partial charge in [0.15, 0.2) is 0 Å². The highest BCUT2D eigenvalue weighted by Gasteiger charge is 2.12. The Morgan fingerprint density at radius 2 is 1.96 bits per heavy atom. The van der Waals surface area contributed by atoms with Gasteiger partial charge in [-0.2, -0.15) is 0 Å². The van der Waals surface area contributed by atoms with Crippen LogP contribution in [0.1, 0.15) is 33.6 Å². The van der Waals surface area contributed by atoms with Gasteiger partial charge in [-0.3, -0.25) is 9.59 Å². The third-order valence-corrected chi connectivity index (χ3v) is 3.30. The zero-order valence-corrected chi connectivity index (χ0v) is 13.9. The molecule has 2 amide bonds. The highest BCUT2D eigenvalue weighted by atomic mass is 16.5. The first-order valence-electron chi connectivity index (χ1n) is 7.80. The van der Waals surface area contributed by atoms with E-state index in [1.807, 2.05) is 13.8 Å². The lowest BCUT2D eigenvalue weighted by Crippen LogP contribution is -2.30. The zero-order chi connectivity index (χ0) is 17.1. The molecule has 0 unspecified atom stereocenters. The second-order valence-electron chi connectivity index (χ2n) is 5.08. The van der Waals surface area contributed by atoms with E-state index in [0.29, 0.717) is 18.0 Å². The molecule has 1 rings (SSSR count). The fourth-order valence-corrected chi connectivity index (χ4v) is 2.03. The SMILES string of the molecule is CCC(CC)C(=O)NCC#CCOc1cccc(NC(C)=O)c1. The Bertz CT molecular complexity index is 583. The van der Waals surface area contributed by atoms with Crippen LogP contribution in [0.4, 0.5) is 5.69 Å². The molecule has 23 heavy (non-hydrogen) atoms. The third-order valence-electron chi connectivity index (χ3n) is 3.30. The fraction of sp³-hybridized carbons (Fsp3) is 0.444. The third kappa shape index (κ3) is 7.37. The fourth-order valence-electron chi connectivity index (χ4n) is 2.03. The van der Waals surface area contributed by atoms with E-state index in [4.69, 9.17) is 4.74 Å². The van der Waals surface area contributed by atoms with E-state index in [1.165, 1.54) is 6.92 Å². The molecule has 0 atom stereocenters. The maximum absolute atomic E-state index is 11.7. The lowest BCUT2D eigenvalue weighted by atomic mass is 10.0. The van der Waals surface area contributed by atoms with Crippen LogP contribution < -0.4 is 15.4 Å². The molecule has 0 radical (unpaired) electrons. The number of carbonyl (C=O) groups is 2. The van der Waals surface area contributed by atoms with E-state index in [0.717, 1.165) is 12.8 Å². The predicted octanol–water partition coefficient (Wildman–Crippen LogP) is 2.58. The van der Waals surface area contributed by atoms with E-state index in [1.54, 1.807) is 24.3 Å². The van der Waals surface area contributed by atoms with Crippen molar-refractivity contribution < 1.29 is 14.3 Å². The van der Waals surface area contributed by atoms with Crippen molar-refractivity contribution in [2.24, 2.45) is 5.92 Å². The van der Waals surface area contributed by atoms with Gasteiger partial charge in [-0.15, -0.1) is 0 Å². The van der Waals surface area contributed by atoms with Crippen LogP contribution >= 0.6 is 0 Å². The van der Waals surface area contributed by atoms with E-state index < -0.39 is 0 Å². The Balaban J connectivity index is 2.35. The number of benzene rings is 1. The Hall–Kier alpha value is -2.48. The Morgan fingerprint density at radius 3 is 2.61 bits per heavy atom. The topological polar surface area (TPSA) is 67.4 Å². The summed E-state index contributed by atoms with van der Waals surface area (Å²) in [6, 6.07) is 7.11. The maximum Gasteiger partial charge on any atom is 0.223 e. The molecule has 0 aliphatic rings. The standard InChI is InChI=1S/C18H24N2O3/c1-4-15(5-2)18(22)19-11-6-7-12-23-17-10-8-9-16(13-17)20-14(3)21/h8-10,13,15H,4-5,11-12H2,1-3H3,(H,19,22)(H,20,21). The smallest absolute Gasteiger partial charge is 0.223 e. The molecule has 0 saturated carbocycles. The molecule has 2 N–H and O–H groups in total. The molecule has 0 aliphatic heterocycles. The van der Waals surface area contributed by atoms with Crippen molar-refractivity contribution in [3.05, 3.63) is 24.3 Å². The molecule has 5 nitrogen and oxygen atoms in total. The molecule has 1 aromatic carbocycles. The largest absolute Gasteiger partial charge is 0.481 e. The summed E-state index contributed by atoms with van der Waals surface area (Å²) >= 11 is 0. The van der Waals surface area contributed by atoms with Crippen molar-refractivity contribution in [3.63, 3.8) is 0 Å². The number of amides is 2. The molecular weight excluding hydrogens is 292 g/mol. The highest BCUT2D eigenvalue weighted by Crippen LogP contribution is 2.16. The van der Waals surface area contributed by atoms with Crippen molar-refractivity contribution in [2.45, 2.75) is 33.6 Å². The minimum absolute atomic E-state index is 0.0493. The van der Waals surface area contributed by atoms with Gasteiger partial charge < -0.3 is 15.4 Å². The molecule has 0 aromatic heterocycles. The summed E-state index contributed by atoms with van der Waals surface area (Å²) in [4.78, 5) is 22.7. The van der Waals surface area contributed by atoms with Gasteiger partial charge in [-0.1, -0.05) is 31.8 Å². The minimum atomic E-state index is -0.129. The number of nitrogens with one attached hydrogen (secondary N) is 2. The van der Waals surface area contributed by atoms with Crippen LogP contribution in [0.25, 0.3) is 0 Å². The molecule has 0 saturated heterocycles. The quantitative estimate of drug-likeness (QED) is 0.760. The second-order valence-corrected chi connectivity index (χ2v) is 5.08. The number of hydrogen-bond acceptors (Lipinski definition) is 3. The summed E-state index contributed by atoms with van der Waals surface area (Å²) in [5, 5.41) is 5.49. The van der Waals surface area contributed by atoms with Crippen LogP contribution in [0.2, 0.25) is 0 Å². The predicted molar refractivity (Wildman–Crippen MR) is 91.1 cm³/mol. The van der Waals surface area contributed by atoms with Crippen LogP contribution in [0, 0.1) is 17.8 Å². The van der Waals surface area contributed by atoms with Crippen molar-refractivity contribution in [1.29, 1.82) is 0 Å². The normalized spacial score (nSPS) is 9.74. The Morgan fingerprint density at radius 1 is 1.22 bits per heavy atom. The van der Waals surface area contributed by atoms with Gasteiger partial charge in [0.05, 0.1) is 6.54 Å². The summed E-state index contributed by atoms with van der Waals surface area (Å²) in [5.41, 5.74) is 0.681. The number of hydrogen-bond donors (Lipinski definition) is 2. The first-order valence-corrected chi connectivity index (χ1v) is 7.80. The molecule has 0 bridgehead atoms. The van der Waals surface area contributed by atoms with Gasteiger partial charge in [0.1, 0.15) is 12.4 Å². The van der Waals surface area contributed by atoms with Crippen LogP contribution in [-0.4, -0.2) is 25.0 Å². The van der Waals surface area contributed by atoms with Gasteiger partial charge in [-0.25, -0.2) is 0 Å². The molecule has 0 fully saturated rings. The second kappa shape index (κ2) is 10.3. The van der Waals surface area contributed by atoms with Crippen molar-refractivity contribution >= 4 is 17.5 Å². The summed E-state index contributed by atoms with van der Waals surface area (Å²) in [6.07, 6.45) is 1.67. The molecule has 1 aromatic rings. The van der Waals surface area contributed by atoms with Gasteiger partial charge in [-0.05, 0) is 25.0 Å². The van der Waals surface area contributed by atoms with Gasteiger partial charge in [0.25, 0.3) is 0 Å². The average molecular weight is 316 g/mol. The first-order chi connectivity index (χ1) is 11.1. The molecule has 0 spiro atoms. The summed E-state index contributed by atoms with van der Waals surface area (Å²) < 4.78 is 5.49. The lowest BCUT2D eigenvalue weighted by molar-refractivity contribution is -0.124. The minimum Gasteiger partial charge on any atom is -0.481 e. The van der Waals surface area contributed by atoms with E-state index in [9.17, 15) is 9.59 Å². The van der Waals surface area contributed by atoms with Crippen LogP contribution in [0.3, 0.4) is 0 Å².